The molecule has 0 amide bonds. The average Bonchev–Trinajstić information content (AvgIpc) is 2.76. The van der Waals surface area contributed by atoms with Crippen LogP contribution in [0.1, 0.15) is 11.3 Å². The first-order valence-corrected chi connectivity index (χ1v) is 6.65. The molecule has 0 aliphatic heterocycles. The Morgan fingerprint density at radius 2 is 1.95 bits per heavy atom. The molecule has 1 heterocycles. The Bertz CT molecular complexity index is 836. The van der Waals surface area contributed by atoms with E-state index in [1.165, 1.54) is 6.07 Å². The second kappa shape index (κ2) is 5.05. The second-order valence-electron chi connectivity index (χ2n) is 5.02. The fourth-order valence-electron chi connectivity index (χ4n) is 2.73. The number of benzene rings is 2. The van der Waals surface area contributed by atoms with Gasteiger partial charge in [0.1, 0.15) is 5.82 Å². The van der Waals surface area contributed by atoms with Crippen molar-refractivity contribution in [3.8, 4) is 11.1 Å². The van der Waals surface area contributed by atoms with Gasteiger partial charge < -0.3 is 10.1 Å². The number of H-pyrrole nitrogens is 1. The third-order valence-corrected chi connectivity index (χ3v) is 3.59. The van der Waals surface area contributed by atoms with E-state index < -0.39 is 5.97 Å². The summed E-state index contributed by atoms with van der Waals surface area (Å²) in [6, 6.07) is 12.1. The quantitative estimate of drug-likeness (QED) is 0.765. The number of hydrogen-bond acceptors (Lipinski definition) is 1. The molecule has 4 heteroatoms. The first-order valence-electron chi connectivity index (χ1n) is 6.65. The Hall–Kier alpha value is -2.62. The van der Waals surface area contributed by atoms with Gasteiger partial charge in [-0.3, -0.25) is 4.79 Å². The topological polar surface area (TPSA) is 53.1 Å². The summed E-state index contributed by atoms with van der Waals surface area (Å²) in [6.45, 7) is 1.87. The smallest absolute Gasteiger partial charge is 0.307 e. The maximum Gasteiger partial charge on any atom is 0.307 e. The number of carboxylic acids is 1. The monoisotopic (exact) mass is 283 g/mol. The molecule has 0 aliphatic rings. The minimum absolute atomic E-state index is 0.0615. The van der Waals surface area contributed by atoms with Crippen molar-refractivity contribution in [3.63, 3.8) is 0 Å². The lowest BCUT2D eigenvalue weighted by atomic mass is 10.00. The number of halogens is 1. The zero-order valence-electron chi connectivity index (χ0n) is 11.5. The van der Waals surface area contributed by atoms with Crippen LogP contribution < -0.4 is 0 Å². The summed E-state index contributed by atoms with van der Waals surface area (Å²) >= 11 is 0. The Balaban J connectivity index is 2.28. The van der Waals surface area contributed by atoms with Crippen molar-refractivity contribution in [3.05, 3.63) is 59.5 Å². The molecule has 0 atom stereocenters. The second-order valence-corrected chi connectivity index (χ2v) is 5.02. The number of para-hydroxylation sites is 1. The molecule has 1 aromatic heterocycles. The molecule has 0 bridgehead atoms. The molecule has 0 unspecified atom stereocenters. The third-order valence-electron chi connectivity index (χ3n) is 3.59. The lowest BCUT2D eigenvalue weighted by Crippen LogP contribution is -2.00. The Labute approximate surface area is 121 Å². The van der Waals surface area contributed by atoms with Crippen molar-refractivity contribution in [1.29, 1.82) is 0 Å². The number of nitrogens with one attached hydrogen (secondary N) is 1. The number of carbonyl (C=O) groups is 1. The molecule has 0 saturated heterocycles. The minimum Gasteiger partial charge on any atom is -0.481 e. The van der Waals surface area contributed by atoms with Crippen LogP contribution in [0.2, 0.25) is 0 Å². The zero-order chi connectivity index (χ0) is 15.0. The van der Waals surface area contributed by atoms with E-state index >= 15 is 0 Å². The Kier molecular flexibility index (Phi) is 3.22. The number of fused-ring (bicyclic) bond motifs is 1. The normalized spacial score (nSPS) is 11.0. The maximum atomic E-state index is 14.1. The minimum atomic E-state index is -0.887. The lowest BCUT2D eigenvalue weighted by Gasteiger charge is -2.04. The Morgan fingerprint density at radius 3 is 2.67 bits per heavy atom. The number of aliphatic carboxylic acids is 1. The van der Waals surface area contributed by atoms with Crippen LogP contribution in [0.3, 0.4) is 0 Å². The molecule has 0 radical (unpaired) electrons. The van der Waals surface area contributed by atoms with E-state index in [4.69, 9.17) is 5.11 Å². The molecule has 21 heavy (non-hydrogen) atoms. The highest BCUT2D eigenvalue weighted by molar-refractivity contribution is 5.99. The van der Waals surface area contributed by atoms with Gasteiger partial charge >= 0.3 is 5.97 Å². The zero-order valence-corrected chi connectivity index (χ0v) is 11.5. The molecule has 3 rings (SSSR count). The molecule has 2 N–H and O–H groups in total. The van der Waals surface area contributed by atoms with Crippen LogP contribution in [-0.2, 0) is 11.2 Å². The summed E-state index contributed by atoms with van der Waals surface area (Å²) in [5.74, 6) is -1.17. The highest BCUT2D eigenvalue weighted by atomic mass is 19.1. The van der Waals surface area contributed by atoms with Gasteiger partial charge in [0, 0.05) is 22.2 Å². The van der Waals surface area contributed by atoms with Gasteiger partial charge in [0.15, 0.2) is 0 Å². The molecule has 0 fully saturated rings. The van der Waals surface area contributed by atoms with E-state index in [2.05, 4.69) is 4.98 Å². The first kappa shape index (κ1) is 13.4. The average molecular weight is 283 g/mol. The molecule has 0 aliphatic carbocycles. The van der Waals surface area contributed by atoms with E-state index in [-0.39, 0.29) is 12.2 Å². The van der Waals surface area contributed by atoms with Crippen LogP contribution in [-0.4, -0.2) is 16.1 Å². The fraction of sp³-hybridized carbons (Fsp3) is 0.118. The summed E-state index contributed by atoms with van der Waals surface area (Å²) in [5.41, 5.74) is 3.60. The SMILES string of the molecule is Cc1[nH]c2c(CC(=O)O)cccc2c1-c1ccccc1F. The summed E-state index contributed by atoms with van der Waals surface area (Å²) in [6.07, 6.45) is -0.0615. The van der Waals surface area contributed by atoms with Gasteiger partial charge in [-0.2, -0.15) is 0 Å². The summed E-state index contributed by atoms with van der Waals surface area (Å²) in [4.78, 5) is 14.2. The first-order chi connectivity index (χ1) is 10.1. The molecule has 106 valence electrons. The Morgan fingerprint density at radius 1 is 1.19 bits per heavy atom. The lowest BCUT2D eigenvalue weighted by molar-refractivity contribution is -0.136. The summed E-state index contributed by atoms with van der Waals surface area (Å²) in [5, 5.41) is 9.83. The fourth-order valence-corrected chi connectivity index (χ4v) is 2.73. The number of aryl methyl sites for hydroxylation is 1. The predicted molar refractivity (Wildman–Crippen MR) is 79.8 cm³/mol. The van der Waals surface area contributed by atoms with Gasteiger partial charge in [0.05, 0.1) is 11.9 Å². The van der Waals surface area contributed by atoms with Gasteiger partial charge in [-0.15, -0.1) is 0 Å². The molecular formula is C17H14FNO2. The van der Waals surface area contributed by atoms with Crippen molar-refractivity contribution in [2.24, 2.45) is 0 Å². The van der Waals surface area contributed by atoms with Crippen molar-refractivity contribution >= 4 is 16.9 Å². The van der Waals surface area contributed by atoms with E-state index in [9.17, 15) is 9.18 Å². The summed E-state index contributed by atoms with van der Waals surface area (Å²) in [7, 11) is 0. The molecule has 0 spiro atoms. The molecule has 0 saturated carbocycles. The largest absolute Gasteiger partial charge is 0.481 e. The van der Waals surface area contributed by atoms with Crippen LogP contribution in [0.25, 0.3) is 22.0 Å². The van der Waals surface area contributed by atoms with E-state index in [0.717, 1.165) is 22.2 Å². The van der Waals surface area contributed by atoms with E-state index in [1.807, 2.05) is 13.0 Å². The van der Waals surface area contributed by atoms with Gasteiger partial charge in [-0.1, -0.05) is 36.4 Å². The number of aromatic amines is 1. The maximum absolute atomic E-state index is 14.1. The van der Waals surface area contributed by atoms with E-state index in [0.29, 0.717) is 11.1 Å². The molecular weight excluding hydrogens is 269 g/mol. The molecule has 3 nitrogen and oxygen atoms in total. The van der Waals surface area contributed by atoms with Crippen LogP contribution in [0.5, 0.6) is 0 Å². The number of rotatable bonds is 3. The number of carboxylic acid groups (broad SMARTS) is 1. The van der Waals surface area contributed by atoms with Crippen molar-refractivity contribution in [2.75, 3.05) is 0 Å². The van der Waals surface area contributed by atoms with Gasteiger partial charge in [-0.25, -0.2) is 4.39 Å². The van der Waals surface area contributed by atoms with Crippen LogP contribution in [0, 0.1) is 12.7 Å². The van der Waals surface area contributed by atoms with Crippen LogP contribution in [0.4, 0.5) is 4.39 Å². The number of aromatic nitrogens is 1. The van der Waals surface area contributed by atoms with Crippen molar-refractivity contribution in [1.82, 2.24) is 4.98 Å². The van der Waals surface area contributed by atoms with Crippen molar-refractivity contribution in [2.45, 2.75) is 13.3 Å². The predicted octanol–water partition coefficient (Wildman–Crippen LogP) is 3.91. The van der Waals surface area contributed by atoms with Crippen LogP contribution >= 0.6 is 0 Å². The van der Waals surface area contributed by atoms with E-state index in [1.54, 1.807) is 30.3 Å². The van der Waals surface area contributed by atoms with Crippen molar-refractivity contribution < 1.29 is 14.3 Å². The molecule has 3 aromatic rings. The van der Waals surface area contributed by atoms with Gasteiger partial charge in [-0.05, 0) is 18.6 Å². The number of hydrogen-bond donors (Lipinski definition) is 2. The summed E-state index contributed by atoms with van der Waals surface area (Å²) < 4.78 is 14.1. The van der Waals surface area contributed by atoms with Crippen LogP contribution in [0.15, 0.2) is 42.5 Å². The standard InChI is InChI=1S/C17H14FNO2/c1-10-16(12-6-2-3-8-14(12)18)13-7-4-5-11(9-15(20)21)17(13)19-10/h2-8,19H,9H2,1H3,(H,20,21). The van der Waals surface area contributed by atoms with Gasteiger partial charge in [0.2, 0.25) is 0 Å². The van der Waals surface area contributed by atoms with Gasteiger partial charge in [0.25, 0.3) is 0 Å². The highest BCUT2D eigenvalue weighted by Gasteiger charge is 2.16. The molecule has 2 aromatic carbocycles. The third kappa shape index (κ3) is 2.29. The highest BCUT2D eigenvalue weighted by Crippen LogP contribution is 2.34.